The molecule has 1 aliphatic heterocycles. The van der Waals surface area contributed by atoms with Gasteiger partial charge in [0.2, 0.25) is 0 Å². The average Bonchev–Trinajstić information content (AvgIpc) is 3.02. The first kappa shape index (κ1) is 17.3. The average molecular weight is 350 g/mol. The Morgan fingerprint density at radius 3 is 2.96 bits per heavy atom. The zero-order valence-corrected chi connectivity index (χ0v) is 13.9. The number of halogens is 2. The summed E-state index contributed by atoms with van der Waals surface area (Å²) in [5.41, 5.74) is 1.57. The second-order valence-corrected chi connectivity index (χ2v) is 5.98. The van der Waals surface area contributed by atoms with Crippen LogP contribution < -0.4 is 5.32 Å². The summed E-state index contributed by atoms with van der Waals surface area (Å²) >= 11 is 0. The van der Waals surface area contributed by atoms with Crippen LogP contribution in [0.25, 0.3) is 0 Å². The molecule has 0 spiro atoms. The Bertz CT molecular complexity index is 750. The molecule has 2 aromatic rings. The standard InChI is InChI=1S/C17H20F2N4O2/c1-22-10-12(9-21-22)4-5-20-17(24)23-6-7-25-16(11-23)13-2-3-14(18)15(19)8-13/h2-3,8-10,16H,4-7,11H2,1H3,(H,20,24). The van der Waals surface area contributed by atoms with Crippen LogP contribution in [-0.2, 0) is 18.2 Å². The van der Waals surface area contributed by atoms with Crippen molar-refractivity contribution >= 4 is 6.03 Å². The van der Waals surface area contributed by atoms with Crippen molar-refractivity contribution in [2.45, 2.75) is 12.5 Å². The van der Waals surface area contributed by atoms with Crippen LogP contribution in [0.2, 0.25) is 0 Å². The Labute approximate surface area is 144 Å². The number of carbonyl (C=O) groups is 1. The third-order valence-corrected chi connectivity index (χ3v) is 4.12. The Morgan fingerprint density at radius 1 is 1.40 bits per heavy atom. The SMILES string of the molecule is Cn1cc(CCNC(=O)N2CCOC(c3ccc(F)c(F)c3)C2)cn1. The highest BCUT2D eigenvalue weighted by Gasteiger charge is 2.25. The molecule has 1 aromatic carbocycles. The lowest BCUT2D eigenvalue weighted by Crippen LogP contribution is -2.47. The molecule has 0 bridgehead atoms. The molecule has 134 valence electrons. The van der Waals surface area contributed by atoms with E-state index in [1.807, 2.05) is 13.2 Å². The zero-order chi connectivity index (χ0) is 17.8. The van der Waals surface area contributed by atoms with Crippen LogP contribution in [0.5, 0.6) is 0 Å². The first-order valence-electron chi connectivity index (χ1n) is 8.10. The van der Waals surface area contributed by atoms with Gasteiger partial charge in [-0.2, -0.15) is 5.10 Å². The van der Waals surface area contributed by atoms with Gasteiger partial charge in [-0.15, -0.1) is 0 Å². The van der Waals surface area contributed by atoms with E-state index in [0.29, 0.717) is 38.2 Å². The summed E-state index contributed by atoms with van der Waals surface area (Å²) in [7, 11) is 1.84. The highest BCUT2D eigenvalue weighted by molar-refractivity contribution is 5.74. The smallest absolute Gasteiger partial charge is 0.317 e. The number of aromatic nitrogens is 2. The van der Waals surface area contributed by atoms with Crippen LogP contribution in [0.4, 0.5) is 13.6 Å². The molecule has 0 radical (unpaired) electrons. The fourth-order valence-electron chi connectivity index (χ4n) is 2.77. The maximum Gasteiger partial charge on any atom is 0.317 e. The minimum Gasteiger partial charge on any atom is -0.370 e. The molecule has 1 aromatic heterocycles. The number of rotatable bonds is 4. The van der Waals surface area contributed by atoms with E-state index in [-0.39, 0.29) is 6.03 Å². The van der Waals surface area contributed by atoms with E-state index >= 15 is 0 Å². The topological polar surface area (TPSA) is 59.4 Å². The lowest BCUT2D eigenvalue weighted by Gasteiger charge is -2.33. The molecule has 1 aliphatic rings. The second kappa shape index (κ2) is 7.60. The highest BCUT2D eigenvalue weighted by Crippen LogP contribution is 2.23. The van der Waals surface area contributed by atoms with Crippen molar-refractivity contribution in [2.75, 3.05) is 26.2 Å². The maximum absolute atomic E-state index is 13.4. The molecule has 2 amide bonds. The van der Waals surface area contributed by atoms with Crippen LogP contribution >= 0.6 is 0 Å². The number of benzene rings is 1. The molecule has 25 heavy (non-hydrogen) atoms. The summed E-state index contributed by atoms with van der Waals surface area (Å²) in [6, 6.07) is 3.47. The number of nitrogens with one attached hydrogen (secondary N) is 1. The number of nitrogens with zero attached hydrogens (tertiary/aromatic N) is 3. The largest absolute Gasteiger partial charge is 0.370 e. The van der Waals surface area contributed by atoms with Gasteiger partial charge in [0.15, 0.2) is 11.6 Å². The van der Waals surface area contributed by atoms with Crippen molar-refractivity contribution in [2.24, 2.45) is 7.05 Å². The Kier molecular flexibility index (Phi) is 5.28. The molecule has 1 saturated heterocycles. The molecular formula is C17H20F2N4O2. The minimum absolute atomic E-state index is 0.195. The minimum atomic E-state index is -0.917. The Balaban J connectivity index is 1.53. The van der Waals surface area contributed by atoms with E-state index < -0.39 is 17.7 Å². The van der Waals surface area contributed by atoms with E-state index in [2.05, 4.69) is 10.4 Å². The number of carbonyl (C=O) groups excluding carboxylic acids is 1. The van der Waals surface area contributed by atoms with Gasteiger partial charge in [0, 0.05) is 26.3 Å². The molecule has 1 N–H and O–H groups in total. The fourth-order valence-corrected chi connectivity index (χ4v) is 2.77. The van der Waals surface area contributed by atoms with E-state index in [0.717, 1.165) is 17.7 Å². The van der Waals surface area contributed by atoms with Gasteiger partial charge >= 0.3 is 6.03 Å². The Morgan fingerprint density at radius 2 is 2.24 bits per heavy atom. The quantitative estimate of drug-likeness (QED) is 0.918. The Hall–Kier alpha value is -2.48. The monoisotopic (exact) mass is 350 g/mol. The van der Waals surface area contributed by atoms with Crippen LogP contribution in [0, 0.1) is 11.6 Å². The van der Waals surface area contributed by atoms with Gasteiger partial charge in [0.05, 0.1) is 19.3 Å². The summed E-state index contributed by atoms with van der Waals surface area (Å²) in [4.78, 5) is 13.9. The van der Waals surface area contributed by atoms with Crippen LogP contribution in [-0.4, -0.2) is 47.0 Å². The molecule has 1 unspecified atom stereocenters. The maximum atomic E-state index is 13.4. The molecule has 8 heteroatoms. The molecule has 1 fully saturated rings. The summed E-state index contributed by atoms with van der Waals surface area (Å²) < 4.78 is 33.8. The van der Waals surface area contributed by atoms with Crippen molar-refractivity contribution < 1.29 is 18.3 Å². The molecule has 6 nitrogen and oxygen atoms in total. The van der Waals surface area contributed by atoms with E-state index in [4.69, 9.17) is 4.74 Å². The number of amides is 2. The number of morpholine rings is 1. The van der Waals surface area contributed by atoms with E-state index in [9.17, 15) is 13.6 Å². The first-order valence-corrected chi connectivity index (χ1v) is 8.10. The zero-order valence-electron chi connectivity index (χ0n) is 13.9. The van der Waals surface area contributed by atoms with Crippen molar-refractivity contribution in [1.29, 1.82) is 0 Å². The highest BCUT2D eigenvalue weighted by atomic mass is 19.2. The molecule has 3 rings (SSSR count). The van der Waals surface area contributed by atoms with Crippen molar-refractivity contribution in [3.63, 3.8) is 0 Å². The van der Waals surface area contributed by atoms with Gasteiger partial charge in [-0.3, -0.25) is 4.68 Å². The predicted molar refractivity (Wildman–Crippen MR) is 86.9 cm³/mol. The van der Waals surface area contributed by atoms with Crippen molar-refractivity contribution in [1.82, 2.24) is 20.0 Å². The molecule has 0 aliphatic carbocycles. The fraction of sp³-hybridized carbons (Fsp3) is 0.412. The van der Waals surface area contributed by atoms with E-state index in [1.54, 1.807) is 15.8 Å². The molecule has 0 saturated carbocycles. The van der Waals surface area contributed by atoms with Crippen molar-refractivity contribution in [3.05, 3.63) is 53.4 Å². The third kappa shape index (κ3) is 4.33. The summed E-state index contributed by atoms with van der Waals surface area (Å²) in [5, 5.41) is 6.94. The normalized spacial score (nSPS) is 17.6. The van der Waals surface area contributed by atoms with Crippen LogP contribution in [0.1, 0.15) is 17.2 Å². The predicted octanol–water partition coefficient (Wildman–Crippen LogP) is 2.02. The van der Waals surface area contributed by atoms with E-state index in [1.165, 1.54) is 6.07 Å². The van der Waals surface area contributed by atoms with Crippen LogP contribution in [0.3, 0.4) is 0 Å². The third-order valence-electron chi connectivity index (χ3n) is 4.12. The van der Waals surface area contributed by atoms with Crippen molar-refractivity contribution in [3.8, 4) is 0 Å². The molecule has 2 heterocycles. The van der Waals surface area contributed by atoms with Gasteiger partial charge in [-0.1, -0.05) is 6.07 Å². The number of ether oxygens (including phenoxy) is 1. The first-order chi connectivity index (χ1) is 12.0. The lowest BCUT2D eigenvalue weighted by molar-refractivity contribution is -0.0155. The summed E-state index contributed by atoms with van der Waals surface area (Å²) in [6.45, 7) is 1.60. The lowest BCUT2D eigenvalue weighted by atomic mass is 10.1. The van der Waals surface area contributed by atoms with Gasteiger partial charge in [0.25, 0.3) is 0 Å². The van der Waals surface area contributed by atoms with Crippen LogP contribution in [0.15, 0.2) is 30.6 Å². The number of hydrogen-bond acceptors (Lipinski definition) is 3. The number of aryl methyl sites for hydroxylation is 1. The number of urea groups is 1. The molecular weight excluding hydrogens is 330 g/mol. The second-order valence-electron chi connectivity index (χ2n) is 5.98. The van der Waals surface area contributed by atoms with Gasteiger partial charge in [-0.25, -0.2) is 13.6 Å². The van der Waals surface area contributed by atoms with Gasteiger partial charge < -0.3 is 15.0 Å². The number of hydrogen-bond donors (Lipinski definition) is 1. The summed E-state index contributed by atoms with van der Waals surface area (Å²) in [6.07, 6.45) is 3.89. The summed E-state index contributed by atoms with van der Waals surface area (Å²) in [5.74, 6) is -1.82. The molecule has 1 atom stereocenters. The van der Waals surface area contributed by atoms with Gasteiger partial charge in [-0.05, 0) is 29.7 Å². The van der Waals surface area contributed by atoms with Gasteiger partial charge in [0.1, 0.15) is 6.10 Å².